The van der Waals surface area contributed by atoms with E-state index in [0.717, 1.165) is 5.92 Å². The second-order valence-electron chi connectivity index (χ2n) is 4.96. The first kappa shape index (κ1) is 10.7. The molecule has 0 aliphatic heterocycles. The molecule has 1 saturated carbocycles. The van der Waals surface area contributed by atoms with Gasteiger partial charge in [0, 0.05) is 0 Å². The van der Waals surface area contributed by atoms with E-state index in [0.29, 0.717) is 5.92 Å². The third-order valence-corrected chi connectivity index (χ3v) is 3.94. The predicted octanol–water partition coefficient (Wildman–Crippen LogP) is 4.86. The average molecular weight is 202 g/mol. The Morgan fingerprint density at radius 3 is 2.27 bits per heavy atom. The minimum Gasteiger partial charge on any atom is -0.0648 e. The zero-order valence-electron chi connectivity index (χ0n) is 10.00. The molecule has 1 aromatic carbocycles. The van der Waals surface area contributed by atoms with Gasteiger partial charge in [-0.15, -0.1) is 0 Å². The molecular formula is C15H22. The second-order valence-corrected chi connectivity index (χ2v) is 4.96. The largest absolute Gasteiger partial charge is 0.0648 e. The van der Waals surface area contributed by atoms with E-state index in [2.05, 4.69) is 38.1 Å². The Kier molecular flexibility index (Phi) is 3.45. The molecule has 1 aliphatic carbocycles. The SMILES string of the molecule is CCC(C)c1ccc(C2CCCC2)cc1. The van der Waals surface area contributed by atoms with Gasteiger partial charge >= 0.3 is 0 Å². The highest BCUT2D eigenvalue weighted by molar-refractivity contribution is 5.27. The third kappa shape index (κ3) is 2.42. The van der Waals surface area contributed by atoms with Crippen molar-refractivity contribution >= 4 is 0 Å². The lowest BCUT2D eigenvalue weighted by molar-refractivity contribution is 0.713. The van der Waals surface area contributed by atoms with Gasteiger partial charge in [0.25, 0.3) is 0 Å². The predicted molar refractivity (Wildman–Crippen MR) is 66.4 cm³/mol. The molecular weight excluding hydrogens is 180 g/mol. The molecule has 0 amide bonds. The topological polar surface area (TPSA) is 0 Å². The van der Waals surface area contributed by atoms with E-state index < -0.39 is 0 Å². The van der Waals surface area contributed by atoms with E-state index >= 15 is 0 Å². The lowest BCUT2D eigenvalue weighted by atomic mass is 9.93. The highest BCUT2D eigenvalue weighted by Crippen LogP contribution is 2.34. The van der Waals surface area contributed by atoms with Crippen molar-refractivity contribution in [3.8, 4) is 0 Å². The molecule has 2 rings (SSSR count). The van der Waals surface area contributed by atoms with E-state index in [4.69, 9.17) is 0 Å². The molecule has 1 fully saturated rings. The molecule has 0 nitrogen and oxygen atoms in total. The van der Waals surface area contributed by atoms with Crippen molar-refractivity contribution in [3.63, 3.8) is 0 Å². The first-order chi connectivity index (χ1) is 7.31. The lowest BCUT2D eigenvalue weighted by Gasteiger charge is -2.13. The summed E-state index contributed by atoms with van der Waals surface area (Å²) in [6.45, 7) is 4.57. The standard InChI is InChI=1S/C15H22/c1-3-12(2)13-8-10-15(11-9-13)14-6-4-5-7-14/h8-12,14H,3-7H2,1-2H3. The number of rotatable bonds is 3. The Bertz CT molecular complexity index is 290. The fourth-order valence-corrected chi connectivity index (χ4v) is 2.59. The van der Waals surface area contributed by atoms with Gasteiger partial charge in [-0.1, -0.05) is 51.0 Å². The van der Waals surface area contributed by atoms with Crippen molar-refractivity contribution in [2.45, 2.75) is 57.8 Å². The van der Waals surface area contributed by atoms with Crippen LogP contribution in [0.4, 0.5) is 0 Å². The average Bonchev–Trinajstić information content (AvgIpc) is 2.82. The highest BCUT2D eigenvalue weighted by atomic mass is 14.2. The van der Waals surface area contributed by atoms with Crippen LogP contribution in [0, 0.1) is 0 Å². The summed E-state index contributed by atoms with van der Waals surface area (Å²) >= 11 is 0. The summed E-state index contributed by atoms with van der Waals surface area (Å²) < 4.78 is 0. The van der Waals surface area contributed by atoms with Crippen LogP contribution in [0.25, 0.3) is 0 Å². The molecule has 0 N–H and O–H groups in total. The van der Waals surface area contributed by atoms with Crippen molar-refractivity contribution in [1.29, 1.82) is 0 Å². The maximum absolute atomic E-state index is 2.36. The van der Waals surface area contributed by atoms with Crippen LogP contribution in [0.5, 0.6) is 0 Å². The normalized spacial score (nSPS) is 19.3. The fraction of sp³-hybridized carbons (Fsp3) is 0.600. The van der Waals surface area contributed by atoms with Gasteiger partial charge in [0.2, 0.25) is 0 Å². The van der Waals surface area contributed by atoms with Gasteiger partial charge in [-0.2, -0.15) is 0 Å². The van der Waals surface area contributed by atoms with E-state index in [1.54, 1.807) is 5.56 Å². The molecule has 0 heteroatoms. The Hall–Kier alpha value is -0.780. The Labute approximate surface area is 93.7 Å². The van der Waals surface area contributed by atoms with Gasteiger partial charge in [-0.25, -0.2) is 0 Å². The number of benzene rings is 1. The van der Waals surface area contributed by atoms with Gasteiger partial charge in [0.1, 0.15) is 0 Å². The van der Waals surface area contributed by atoms with Crippen molar-refractivity contribution in [2.75, 3.05) is 0 Å². The zero-order valence-corrected chi connectivity index (χ0v) is 10.00. The van der Waals surface area contributed by atoms with Crippen molar-refractivity contribution < 1.29 is 0 Å². The van der Waals surface area contributed by atoms with E-state index in [1.807, 2.05) is 0 Å². The molecule has 1 unspecified atom stereocenters. The first-order valence-electron chi connectivity index (χ1n) is 6.41. The van der Waals surface area contributed by atoms with E-state index in [9.17, 15) is 0 Å². The van der Waals surface area contributed by atoms with Gasteiger partial charge in [0.15, 0.2) is 0 Å². The molecule has 0 bridgehead atoms. The van der Waals surface area contributed by atoms with Crippen LogP contribution in [0.3, 0.4) is 0 Å². The van der Waals surface area contributed by atoms with Crippen LogP contribution in [0.2, 0.25) is 0 Å². The van der Waals surface area contributed by atoms with Crippen LogP contribution in [0.15, 0.2) is 24.3 Å². The maximum atomic E-state index is 2.36. The molecule has 1 aliphatic rings. The van der Waals surface area contributed by atoms with Crippen LogP contribution in [0.1, 0.15) is 68.9 Å². The third-order valence-electron chi connectivity index (χ3n) is 3.94. The molecule has 0 radical (unpaired) electrons. The Morgan fingerprint density at radius 1 is 1.13 bits per heavy atom. The quantitative estimate of drug-likeness (QED) is 0.656. The number of hydrogen-bond acceptors (Lipinski definition) is 0. The summed E-state index contributed by atoms with van der Waals surface area (Å²) in [7, 11) is 0. The summed E-state index contributed by atoms with van der Waals surface area (Å²) in [5, 5.41) is 0. The summed E-state index contributed by atoms with van der Waals surface area (Å²) in [5.41, 5.74) is 3.07. The zero-order chi connectivity index (χ0) is 10.7. The molecule has 1 aromatic rings. The van der Waals surface area contributed by atoms with Crippen molar-refractivity contribution in [3.05, 3.63) is 35.4 Å². The highest BCUT2D eigenvalue weighted by Gasteiger charge is 2.16. The molecule has 0 heterocycles. The van der Waals surface area contributed by atoms with Gasteiger partial charge < -0.3 is 0 Å². The summed E-state index contributed by atoms with van der Waals surface area (Å²) in [4.78, 5) is 0. The minimum atomic E-state index is 0.711. The van der Waals surface area contributed by atoms with Gasteiger partial charge in [-0.05, 0) is 42.2 Å². The van der Waals surface area contributed by atoms with Crippen molar-refractivity contribution in [1.82, 2.24) is 0 Å². The van der Waals surface area contributed by atoms with Crippen LogP contribution >= 0.6 is 0 Å². The van der Waals surface area contributed by atoms with Gasteiger partial charge in [0.05, 0.1) is 0 Å². The monoisotopic (exact) mass is 202 g/mol. The van der Waals surface area contributed by atoms with E-state index in [-0.39, 0.29) is 0 Å². The molecule has 0 saturated heterocycles. The minimum absolute atomic E-state index is 0.711. The van der Waals surface area contributed by atoms with Crippen molar-refractivity contribution in [2.24, 2.45) is 0 Å². The molecule has 0 spiro atoms. The second kappa shape index (κ2) is 4.83. The molecule has 1 atom stereocenters. The smallest absolute Gasteiger partial charge is 0.0162 e. The van der Waals surface area contributed by atoms with E-state index in [1.165, 1.54) is 37.7 Å². The Morgan fingerprint density at radius 2 is 1.73 bits per heavy atom. The van der Waals surface area contributed by atoms with Crippen LogP contribution in [-0.2, 0) is 0 Å². The summed E-state index contributed by atoms with van der Waals surface area (Å²) in [5.74, 6) is 1.57. The van der Waals surface area contributed by atoms with Crippen LogP contribution < -0.4 is 0 Å². The Balaban J connectivity index is 2.09. The first-order valence-corrected chi connectivity index (χ1v) is 6.41. The number of hydrogen-bond donors (Lipinski definition) is 0. The summed E-state index contributed by atoms with van der Waals surface area (Å²) in [6.07, 6.45) is 6.91. The van der Waals surface area contributed by atoms with Gasteiger partial charge in [-0.3, -0.25) is 0 Å². The molecule has 82 valence electrons. The maximum Gasteiger partial charge on any atom is -0.0162 e. The molecule has 15 heavy (non-hydrogen) atoms. The molecule has 0 aromatic heterocycles. The van der Waals surface area contributed by atoms with Crippen LogP contribution in [-0.4, -0.2) is 0 Å². The lowest BCUT2D eigenvalue weighted by Crippen LogP contribution is -1.95. The summed E-state index contributed by atoms with van der Waals surface area (Å²) in [6, 6.07) is 9.39. The fourth-order valence-electron chi connectivity index (χ4n) is 2.59.